The average molecular weight is 199 g/mol. The minimum Gasteiger partial charge on any atom is -0.317 e. The van der Waals surface area contributed by atoms with Crippen LogP contribution < -0.4 is 5.32 Å². The second-order valence-electron chi connectivity index (χ2n) is 4.52. The molecule has 84 valence electrons. The summed E-state index contributed by atoms with van der Waals surface area (Å²) in [7, 11) is 2.21. The van der Waals surface area contributed by atoms with Crippen LogP contribution in [0.4, 0.5) is 0 Å². The van der Waals surface area contributed by atoms with Gasteiger partial charge in [-0.25, -0.2) is 0 Å². The Kier molecular flexibility index (Phi) is 5.45. The van der Waals surface area contributed by atoms with Crippen molar-refractivity contribution in [1.82, 2.24) is 15.1 Å². The molecule has 3 heteroatoms. The first-order chi connectivity index (χ1) is 6.72. The zero-order valence-electron chi connectivity index (χ0n) is 9.92. The molecular weight excluding hydrogens is 174 g/mol. The number of hydrogen-bond acceptors (Lipinski definition) is 3. The molecule has 0 bridgehead atoms. The molecule has 1 saturated heterocycles. The monoisotopic (exact) mass is 199 g/mol. The Morgan fingerprint density at radius 3 is 2.43 bits per heavy atom. The third-order valence-electron chi connectivity index (χ3n) is 2.91. The normalized spacial score (nSPS) is 22.5. The molecule has 0 saturated carbocycles. The fraction of sp³-hybridized carbons (Fsp3) is 1.00. The number of nitrogens with zero attached hydrogens (tertiary/aromatic N) is 2. The van der Waals surface area contributed by atoms with Crippen LogP contribution in [0, 0.1) is 5.92 Å². The van der Waals surface area contributed by atoms with E-state index in [1.54, 1.807) is 0 Å². The van der Waals surface area contributed by atoms with E-state index < -0.39 is 0 Å². The molecular formula is C11H25N3. The van der Waals surface area contributed by atoms with Gasteiger partial charge in [0.05, 0.1) is 0 Å². The summed E-state index contributed by atoms with van der Waals surface area (Å²) in [5, 5.41) is 3.41. The van der Waals surface area contributed by atoms with E-state index in [9.17, 15) is 0 Å². The summed E-state index contributed by atoms with van der Waals surface area (Å²) in [6, 6.07) is 0. The molecule has 0 aliphatic carbocycles. The summed E-state index contributed by atoms with van der Waals surface area (Å²) in [6.07, 6.45) is 0. The summed E-state index contributed by atoms with van der Waals surface area (Å²) in [4.78, 5) is 4.99. The van der Waals surface area contributed by atoms with E-state index in [-0.39, 0.29) is 0 Å². The Hall–Kier alpha value is -0.120. The first-order valence-electron chi connectivity index (χ1n) is 5.84. The molecule has 1 aliphatic heterocycles. The van der Waals surface area contributed by atoms with Crippen molar-refractivity contribution in [3.05, 3.63) is 0 Å². The van der Waals surface area contributed by atoms with Crippen LogP contribution in [0.1, 0.15) is 13.8 Å². The number of rotatable bonds is 5. The molecule has 0 amide bonds. The van der Waals surface area contributed by atoms with E-state index >= 15 is 0 Å². The van der Waals surface area contributed by atoms with Crippen LogP contribution in [-0.2, 0) is 0 Å². The molecule has 0 aromatic rings. The highest BCUT2D eigenvalue weighted by atomic mass is 15.2. The third-order valence-corrected chi connectivity index (χ3v) is 2.91. The van der Waals surface area contributed by atoms with Crippen LogP contribution in [0.3, 0.4) is 0 Å². The van der Waals surface area contributed by atoms with Crippen molar-refractivity contribution in [2.75, 3.05) is 52.9 Å². The number of nitrogens with one attached hydrogen (secondary N) is 1. The van der Waals surface area contributed by atoms with E-state index in [1.165, 1.54) is 32.7 Å². The van der Waals surface area contributed by atoms with E-state index in [4.69, 9.17) is 0 Å². The SMILES string of the molecule is CCNCC(C)CN1CCN(C)CC1. The highest BCUT2D eigenvalue weighted by molar-refractivity contribution is 4.71. The lowest BCUT2D eigenvalue weighted by Crippen LogP contribution is -2.46. The van der Waals surface area contributed by atoms with Gasteiger partial charge in [0.25, 0.3) is 0 Å². The minimum atomic E-state index is 0.776. The van der Waals surface area contributed by atoms with Crippen LogP contribution in [0.5, 0.6) is 0 Å². The Balaban J connectivity index is 2.10. The van der Waals surface area contributed by atoms with Gasteiger partial charge in [0, 0.05) is 32.7 Å². The maximum absolute atomic E-state index is 3.41. The Labute approximate surface area is 88.5 Å². The molecule has 1 unspecified atom stereocenters. The molecule has 0 radical (unpaired) electrons. The molecule has 1 N–H and O–H groups in total. The quantitative estimate of drug-likeness (QED) is 0.695. The molecule has 1 atom stereocenters. The lowest BCUT2D eigenvalue weighted by atomic mass is 10.1. The molecule has 0 aromatic carbocycles. The predicted octanol–water partition coefficient (Wildman–Crippen LogP) is 0.479. The molecule has 1 heterocycles. The lowest BCUT2D eigenvalue weighted by molar-refractivity contribution is 0.138. The molecule has 1 aliphatic rings. The van der Waals surface area contributed by atoms with Gasteiger partial charge in [0.1, 0.15) is 0 Å². The van der Waals surface area contributed by atoms with Crippen LogP contribution in [-0.4, -0.2) is 62.7 Å². The lowest BCUT2D eigenvalue weighted by Gasteiger charge is -2.33. The van der Waals surface area contributed by atoms with Gasteiger partial charge >= 0.3 is 0 Å². The van der Waals surface area contributed by atoms with Crippen molar-refractivity contribution in [2.45, 2.75) is 13.8 Å². The minimum absolute atomic E-state index is 0.776. The van der Waals surface area contributed by atoms with E-state index in [2.05, 4.69) is 36.0 Å². The average Bonchev–Trinajstić information content (AvgIpc) is 2.18. The van der Waals surface area contributed by atoms with Crippen molar-refractivity contribution >= 4 is 0 Å². The van der Waals surface area contributed by atoms with E-state index in [1.807, 2.05) is 0 Å². The maximum Gasteiger partial charge on any atom is 0.0110 e. The molecule has 0 aromatic heterocycles. The third kappa shape index (κ3) is 4.40. The molecule has 14 heavy (non-hydrogen) atoms. The maximum atomic E-state index is 3.41. The second-order valence-corrected chi connectivity index (χ2v) is 4.52. The van der Waals surface area contributed by atoms with Crippen LogP contribution >= 0.6 is 0 Å². The fourth-order valence-electron chi connectivity index (χ4n) is 1.93. The zero-order valence-corrected chi connectivity index (χ0v) is 9.92. The van der Waals surface area contributed by atoms with Crippen molar-refractivity contribution in [1.29, 1.82) is 0 Å². The van der Waals surface area contributed by atoms with Gasteiger partial charge in [-0.05, 0) is 26.1 Å². The van der Waals surface area contributed by atoms with Gasteiger partial charge < -0.3 is 15.1 Å². The Morgan fingerprint density at radius 1 is 1.21 bits per heavy atom. The first-order valence-corrected chi connectivity index (χ1v) is 5.84. The second kappa shape index (κ2) is 6.38. The van der Waals surface area contributed by atoms with Crippen molar-refractivity contribution in [2.24, 2.45) is 5.92 Å². The number of piperazine rings is 1. The standard InChI is InChI=1S/C11H25N3/c1-4-12-9-11(2)10-14-7-5-13(3)6-8-14/h11-12H,4-10H2,1-3H3. The number of likely N-dealkylation sites (N-methyl/N-ethyl adjacent to an activating group) is 1. The van der Waals surface area contributed by atoms with Gasteiger partial charge in [0.2, 0.25) is 0 Å². The molecule has 3 nitrogen and oxygen atoms in total. The van der Waals surface area contributed by atoms with Crippen LogP contribution in [0.15, 0.2) is 0 Å². The van der Waals surface area contributed by atoms with Crippen LogP contribution in [0.2, 0.25) is 0 Å². The van der Waals surface area contributed by atoms with Crippen molar-refractivity contribution in [3.8, 4) is 0 Å². The summed E-state index contributed by atoms with van der Waals surface area (Å²) < 4.78 is 0. The smallest absolute Gasteiger partial charge is 0.0110 e. The summed E-state index contributed by atoms with van der Waals surface area (Å²) in [5.74, 6) is 0.776. The summed E-state index contributed by atoms with van der Waals surface area (Å²) in [5.41, 5.74) is 0. The van der Waals surface area contributed by atoms with Gasteiger partial charge in [-0.3, -0.25) is 0 Å². The number of hydrogen-bond donors (Lipinski definition) is 1. The molecule has 1 fully saturated rings. The summed E-state index contributed by atoms with van der Waals surface area (Å²) in [6.45, 7) is 12.9. The van der Waals surface area contributed by atoms with E-state index in [0.717, 1.165) is 19.0 Å². The fourth-order valence-corrected chi connectivity index (χ4v) is 1.93. The van der Waals surface area contributed by atoms with Gasteiger partial charge in [0.15, 0.2) is 0 Å². The van der Waals surface area contributed by atoms with Gasteiger partial charge in [-0.1, -0.05) is 13.8 Å². The van der Waals surface area contributed by atoms with Crippen molar-refractivity contribution in [3.63, 3.8) is 0 Å². The molecule has 0 spiro atoms. The highest BCUT2D eigenvalue weighted by Crippen LogP contribution is 2.03. The Morgan fingerprint density at radius 2 is 1.86 bits per heavy atom. The van der Waals surface area contributed by atoms with Crippen molar-refractivity contribution < 1.29 is 0 Å². The first kappa shape index (κ1) is 12.0. The van der Waals surface area contributed by atoms with Gasteiger partial charge in [-0.15, -0.1) is 0 Å². The van der Waals surface area contributed by atoms with Crippen LogP contribution in [0.25, 0.3) is 0 Å². The largest absolute Gasteiger partial charge is 0.317 e. The topological polar surface area (TPSA) is 18.5 Å². The predicted molar refractivity (Wildman–Crippen MR) is 61.6 cm³/mol. The Bertz CT molecular complexity index is 141. The zero-order chi connectivity index (χ0) is 10.4. The van der Waals surface area contributed by atoms with Gasteiger partial charge in [-0.2, -0.15) is 0 Å². The molecule has 1 rings (SSSR count). The summed E-state index contributed by atoms with van der Waals surface area (Å²) >= 11 is 0. The van der Waals surface area contributed by atoms with E-state index in [0.29, 0.717) is 0 Å². The highest BCUT2D eigenvalue weighted by Gasteiger charge is 2.15.